The molecule has 1 saturated heterocycles. The largest absolute Gasteiger partial charge is 0.358 e. The summed E-state index contributed by atoms with van der Waals surface area (Å²) in [6, 6.07) is -0.240. The number of hydrogen-bond donors (Lipinski definition) is 3. The standard InChI is InChI=1S/C12H22N4O2/c1-13-12(18)10-7-14-4-5-16(10)8-11(17)15-6-9-2-3-9/h9-10,14H,2-8H2,1H3,(H,13,18)(H,15,17). The van der Waals surface area contributed by atoms with Gasteiger partial charge in [0.2, 0.25) is 11.8 Å². The minimum atomic E-state index is -0.240. The summed E-state index contributed by atoms with van der Waals surface area (Å²) < 4.78 is 0. The van der Waals surface area contributed by atoms with Gasteiger partial charge in [0.05, 0.1) is 6.54 Å². The third-order valence-corrected chi connectivity index (χ3v) is 3.53. The number of rotatable bonds is 5. The second-order valence-corrected chi connectivity index (χ2v) is 5.05. The topological polar surface area (TPSA) is 73.5 Å². The van der Waals surface area contributed by atoms with E-state index in [-0.39, 0.29) is 17.9 Å². The van der Waals surface area contributed by atoms with Crippen molar-refractivity contribution in [2.24, 2.45) is 5.92 Å². The maximum atomic E-state index is 11.8. The molecule has 0 aromatic carbocycles. The fourth-order valence-corrected chi connectivity index (χ4v) is 2.18. The average Bonchev–Trinajstić information content (AvgIpc) is 3.20. The Morgan fingerprint density at radius 3 is 2.83 bits per heavy atom. The van der Waals surface area contributed by atoms with Crippen LogP contribution in [0, 0.1) is 5.92 Å². The van der Waals surface area contributed by atoms with Gasteiger partial charge < -0.3 is 16.0 Å². The van der Waals surface area contributed by atoms with Gasteiger partial charge in [-0.2, -0.15) is 0 Å². The summed E-state index contributed by atoms with van der Waals surface area (Å²) in [4.78, 5) is 25.4. The predicted molar refractivity (Wildman–Crippen MR) is 68.0 cm³/mol. The van der Waals surface area contributed by atoms with E-state index in [2.05, 4.69) is 16.0 Å². The second kappa shape index (κ2) is 6.15. The fourth-order valence-electron chi connectivity index (χ4n) is 2.18. The van der Waals surface area contributed by atoms with Crippen molar-refractivity contribution < 1.29 is 9.59 Å². The summed E-state index contributed by atoms with van der Waals surface area (Å²) in [6.07, 6.45) is 2.46. The fraction of sp³-hybridized carbons (Fsp3) is 0.833. The van der Waals surface area contributed by atoms with Crippen LogP contribution >= 0.6 is 0 Å². The zero-order chi connectivity index (χ0) is 13.0. The number of nitrogens with one attached hydrogen (secondary N) is 3. The zero-order valence-corrected chi connectivity index (χ0v) is 10.9. The number of amides is 2. The molecule has 0 aromatic rings. The van der Waals surface area contributed by atoms with Crippen molar-refractivity contribution in [3.63, 3.8) is 0 Å². The Kier molecular flexibility index (Phi) is 4.54. The van der Waals surface area contributed by atoms with Gasteiger partial charge in [-0.3, -0.25) is 14.5 Å². The lowest BCUT2D eigenvalue weighted by Crippen LogP contribution is -2.59. The molecular weight excluding hydrogens is 232 g/mol. The molecule has 6 heteroatoms. The molecule has 2 fully saturated rings. The van der Waals surface area contributed by atoms with Crippen LogP contribution in [0.4, 0.5) is 0 Å². The molecule has 6 nitrogen and oxygen atoms in total. The van der Waals surface area contributed by atoms with Gasteiger partial charge in [-0.05, 0) is 18.8 Å². The first-order chi connectivity index (χ1) is 8.70. The number of likely N-dealkylation sites (N-methyl/N-ethyl adjacent to an activating group) is 1. The molecule has 2 rings (SSSR count). The second-order valence-electron chi connectivity index (χ2n) is 5.05. The van der Waals surface area contributed by atoms with E-state index in [0.717, 1.165) is 19.6 Å². The van der Waals surface area contributed by atoms with E-state index in [1.165, 1.54) is 12.8 Å². The molecule has 1 atom stereocenters. The van der Waals surface area contributed by atoms with Crippen LogP contribution in [0.3, 0.4) is 0 Å². The van der Waals surface area contributed by atoms with E-state index in [4.69, 9.17) is 0 Å². The van der Waals surface area contributed by atoms with E-state index in [1.807, 2.05) is 4.90 Å². The molecule has 0 aromatic heterocycles. The van der Waals surface area contributed by atoms with Crippen LogP contribution in [0.15, 0.2) is 0 Å². The molecule has 0 radical (unpaired) electrons. The first kappa shape index (κ1) is 13.3. The first-order valence-electron chi connectivity index (χ1n) is 6.63. The van der Waals surface area contributed by atoms with Gasteiger partial charge in [-0.1, -0.05) is 0 Å². The van der Waals surface area contributed by atoms with Crippen molar-refractivity contribution in [2.75, 3.05) is 39.8 Å². The van der Waals surface area contributed by atoms with Crippen molar-refractivity contribution >= 4 is 11.8 Å². The average molecular weight is 254 g/mol. The Labute approximate surface area is 107 Å². The third kappa shape index (κ3) is 3.68. The summed E-state index contributed by atoms with van der Waals surface area (Å²) in [5, 5.41) is 8.76. The maximum absolute atomic E-state index is 11.8. The third-order valence-electron chi connectivity index (χ3n) is 3.53. The van der Waals surface area contributed by atoms with E-state index in [1.54, 1.807) is 7.05 Å². The highest BCUT2D eigenvalue weighted by molar-refractivity contribution is 5.83. The Morgan fingerprint density at radius 1 is 1.39 bits per heavy atom. The predicted octanol–water partition coefficient (Wildman–Crippen LogP) is -1.47. The highest BCUT2D eigenvalue weighted by Gasteiger charge is 2.29. The van der Waals surface area contributed by atoms with Crippen LogP contribution in [0.2, 0.25) is 0 Å². The number of hydrogen-bond acceptors (Lipinski definition) is 4. The lowest BCUT2D eigenvalue weighted by molar-refractivity contribution is -0.129. The van der Waals surface area contributed by atoms with Gasteiger partial charge in [0.15, 0.2) is 0 Å². The SMILES string of the molecule is CNC(=O)C1CNCCN1CC(=O)NCC1CC1. The van der Waals surface area contributed by atoms with Crippen LogP contribution < -0.4 is 16.0 Å². The zero-order valence-electron chi connectivity index (χ0n) is 10.9. The van der Waals surface area contributed by atoms with Crippen molar-refractivity contribution in [3.05, 3.63) is 0 Å². The lowest BCUT2D eigenvalue weighted by atomic mass is 10.1. The normalized spacial score (nSPS) is 24.6. The Bertz CT molecular complexity index is 317. The van der Waals surface area contributed by atoms with Gasteiger partial charge in [0, 0.05) is 33.2 Å². The molecule has 1 aliphatic carbocycles. The molecule has 18 heavy (non-hydrogen) atoms. The molecule has 1 saturated carbocycles. The van der Waals surface area contributed by atoms with Gasteiger partial charge in [0.25, 0.3) is 0 Å². The highest BCUT2D eigenvalue weighted by Crippen LogP contribution is 2.27. The molecule has 1 aliphatic heterocycles. The Hall–Kier alpha value is -1.14. The molecular formula is C12H22N4O2. The summed E-state index contributed by atoms with van der Waals surface area (Å²) in [5.41, 5.74) is 0. The quantitative estimate of drug-likeness (QED) is 0.560. The smallest absolute Gasteiger partial charge is 0.238 e. The number of carbonyl (C=O) groups is 2. The Morgan fingerprint density at radius 2 is 2.17 bits per heavy atom. The van der Waals surface area contributed by atoms with E-state index >= 15 is 0 Å². The molecule has 3 N–H and O–H groups in total. The van der Waals surface area contributed by atoms with Crippen LogP contribution in [0.1, 0.15) is 12.8 Å². The van der Waals surface area contributed by atoms with Gasteiger partial charge >= 0.3 is 0 Å². The molecule has 1 heterocycles. The number of carbonyl (C=O) groups excluding carboxylic acids is 2. The summed E-state index contributed by atoms with van der Waals surface area (Å²) in [7, 11) is 1.63. The van der Waals surface area contributed by atoms with Crippen LogP contribution in [0.5, 0.6) is 0 Å². The highest BCUT2D eigenvalue weighted by atomic mass is 16.2. The van der Waals surface area contributed by atoms with Gasteiger partial charge in [-0.15, -0.1) is 0 Å². The molecule has 1 unspecified atom stereocenters. The van der Waals surface area contributed by atoms with E-state index in [9.17, 15) is 9.59 Å². The minimum absolute atomic E-state index is 0.0257. The van der Waals surface area contributed by atoms with E-state index in [0.29, 0.717) is 19.0 Å². The van der Waals surface area contributed by atoms with Crippen molar-refractivity contribution in [2.45, 2.75) is 18.9 Å². The van der Waals surface area contributed by atoms with Crippen molar-refractivity contribution in [3.8, 4) is 0 Å². The molecule has 102 valence electrons. The number of nitrogens with zero attached hydrogens (tertiary/aromatic N) is 1. The summed E-state index contributed by atoms with van der Waals surface area (Å²) in [5.74, 6) is 0.682. The molecule has 2 amide bonds. The molecule has 0 bridgehead atoms. The monoisotopic (exact) mass is 254 g/mol. The molecule has 2 aliphatic rings. The molecule has 0 spiro atoms. The maximum Gasteiger partial charge on any atom is 0.238 e. The minimum Gasteiger partial charge on any atom is -0.358 e. The lowest BCUT2D eigenvalue weighted by Gasteiger charge is -2.34. The van der Waals surface area contributed by atoms with Crippen molar-refractivity contribution in [1.82, 2.24) is 20.9 Å². The number of piperazine rings is 1. The summed E-state index contributed by atoms with van der Waals surface area (Å²) >= 11 is 0. The first-order valence-corrected chi connectivity index (χ1v) is 6.63. The van der Waals surface area contributed by atoms with Crippen molar-refractivity contribution in [1.29, 1.82) is 0 Å². The van der Waals surface area contributed by atoms with Gasteiger partial charge in [0.1, 0.15) is 6.04 Å². The van der Waals surface area contributed by atoms with Crippen LogP contribution in [-0.2, 0) is 9.59 Å². The van der Waals surface area contributed by atoms with Gasteiger partial charge in [-0.25, -0.2) is 0 Å². The van der Waals surface area contributed by atoms with Crippen LogP contribution in [0.25, 0.3) is 0 Å². The summed E-state index contributed by atoms with van der Waals surface area (Å²) in [6.45, 7) is 3.26. The van der Waals surface area contributed by atoms with Crippen LogP contribution in [-0.4, -0.2) is 62.5 Å². The Balaban J connectivity index is 1.79. The van der Waals surface area contributed by atoms with E-state index < -0.39 is 0 Å².